The number of nitrogens with zero attached hydrogens (tertiary/aromatic N) is 3. The van der Waals surface area contributed by atoms with E-state index < -0.39 is 0 Å². The molecule has 0 saturated carbocycles. The van der Waals surface area contributed by atoms with Gasteiger partial charge in [-0.25, -0.2) is 4.98 Å². The Hall–Kier alpha value is -3.19. The zero-order valence-electron chi connectivity index (χ0n) is 15.7. The van der Waals surface area contributed by atoms with E-state index in [-0.39, 0.29) is 11.5 Å². The van der Waals surface area contributed by atoms with Crippen LogP contribution in [0.25, 0.3) is 10.9 Å². The number of rotatable bonds is 4. The van der Waals surface area contributed by atoms with Gasteiger partial charge in [-0.2, -0.15) is 0 Å². The highest BCUT2D eigenvalue weighted by Crippen LogP contribution is 2.16. The van der Waals surface area contributed by atoms with Gasteiger partial charge in [0, 0.05) is 31.7 Å². The molecule has 1 aromatic heterocycles. The average molecular weight is 378 g/mol. The predicted molar refractivity (Wildman–Crippen MR) is 107 cm³/mol. The second-order valence-electron chi connectivity index (χ2n) is 6.83. The lowest BCUT2D eigenvalue weighted by Crippen LogP contribution is -2.48. The van der Waals surface area contributed by atoms with E-state index in [1.54, 1.807) is 25.3 Å². The first-order valence-corrected chi connectivity index (χ1v) is 9.27. The molecule has 1 amide bonds. The van der Waals surface area contributed by atoms with Gasteiger partial charge in [-0.05, 0) is 30.3 Å². The fourth-order valence-corrected chi connectivity index (χ4v) is 3.47. The van der Waals surface area contributed by atoms with Gasteiger partial charge in [-0.3, -0.25) is 14.5 Å². The van der Waals surface area contributed by atoms with Crippen LogP contribution in [0.4, 0.5) is 0 Å². The third-order valence-corrected chi connectivity index (χ3v) is 5.01. The number of amides is 1. The molecule has 1 aliphatic rings. The Bertz CT molecular complexity index is 1050. The van der Waals surface area contributed by atoms with E-state index in [9.17, 15) is 9.59 Å². The van der Waals surface area contributed by atoms with Crippen molar-refractivity contribution in [3.8, 4) is 5.75 Å². The molecule has 2 aromatic carbocycles. The number of hydrogen-bond acceptors (Lipinski definition) is 5. The summed E-state index contributed by atoms with van der Waals surface area (Å²) in [6, 6.07) is 14.5. The van der Waals surface area contributed by atoms with E-state index in [0.29, 0.717) is 47.7 Å². The number of piperazine rings is 1. The van der Waals surface area contributed by atoms with Crippen molar-refractivity contribution in [3.63, 3.8) is 0 Å². The van der Waals surface area contributed by atoms with Gasteiger partial charge < -0.3 is 14.6 Å². The van der Waals surface area contributed by atoms with Crippen molar-refractivity contribution in [1.29, 1.82) is 0 Å². The van der Waals surface area contributed by atoms with Crippen molar-refractivity contribution in [2.24, 2.45) is 0 Å². The van der Waals surface area contributed by atoms with Gasteiger partial charge in [0.25, 0.3) is 11.5 Å². The maximum atomic E-state index is 12.7. The summed E-state index contributed by atoms with van der Waals surface area (Å²) < 4.78 is 5.20. The Balaban J connectivity index is 1.40. The number of hydrogen-bond donors (Lipinski definition) is 1. The minimum Gasteiger partial charge on any atom is -0.497 e. The number of benzene rings is 2. The molecule has 0 aliphatic carbocycles. The summed E-state index contributed by atoms with van der Waals surface area (Å²) in [5.74, 6) is 1.34. The number of nitrogens with one attached hydrogen (secondary N) is 1. The molecule has 3 aromatic rings. The predicted octanol–water partition coefficient (Wildman–Crippen LogP) is 1.89. The SMILES string of the molecule is COc1cccc(C(=O)N2CCN(Cc3nc4ccccc4c(=O)[nH]3)CC2)c1. The van der Waals surface area contributed by atoms with E-state index in [1.165, 1.54) is 0 Å². The molecular formula is C21H22N4O3. The highest BCUT2D eigenvalue weighted by Gasteiger charge is 2.23. The number of aromatic amines is 1. The van der Waals surface area contributed by atoms with Crippen LogP contribution in [0.1, 0.15) is 16.2 Å². The van der Waals surface area contributed by atoms with Crippen LogP contribution in [0, 0.1) is 0 Å². The minimum atomic E-state index is -0.118. The van der Waals surface area contributed by atoms with Gasteiger partial charge in [-0.1, -0.05) is 18.2 Å². The summed E-state index contributed by atoms with van der Waals surface area (Å²) in [4.78, 5) is 36.4. The Morgan fingerprint density at radius 2 is 1.89 bits per heavy atom. The maximum absolute atomic E-state index is 12.7. The van der Waals surface area contributed by atoms with Gasteiger partial charge in [0.15, 0.2) is 0 Å². The first kappa shape index (κ1) is 18.2. The van der Waals surface area contributed by atoms with E-state index in [1.807, 2.05) is 35.2 Å². The summed E-state index contributed by atoms with van der Waals surface area (Å²) in [6.07, 6.45) is 0. The standard InChI is InChI=1S/C21H22N4O3/c1-28-16-6-4-5-15(13-16)21(27)25-11-9-24(10-12-25)14-19-22-18-8-3-2-7-17(18)20(26)23-19/h2-8,13H,9-12,14H2,1H3,(H,22,23,26). The zero-order chi connectivity index (χ0) is 19.5. The first-order valence-electron chi connectivity index (χ1n) is 9.27. The van der Waals surface area contributed by atoms with Crippen molar-refractivity contribution in [2.75, 3.05) is 33.3 Å². The van der Waals surface area contributed by atoms with Gasteiger partial charge in [0.05, 0.1) is 24.6 Å². The number of para-hydroxylation sites is 1. The quantitative estimate of drug-likeness (QED) is 0.750. The molecule has 1 N–H and O–H groups in total. The van der Waals surface area contributed by atoms with Crippen molar-refractivity contribution < 1.29 is 9.53 Å². The average Bonchev–Trinajstić information content (AvgIpc) is 2.74. The van der Waals surface area contributed by atoms with Crippen LogP contribution in [-0.2, 0) is 6.54 Å². The van der Waals surface area contributed by atoms with Crippen molar-refractivity contribution in [1.82, 2.24) is 19.8 Å². The summed E-state index contributed by atoms with van der Waals surface area (Å²) in [5, 5.41) is 0.597. The van der Waals surface area contributed by atoms with E-state index in [4.69, 9.17) is 4.74 Å². The Labute approximate surface area is 162 Å². The number of ether oxygens (including phenoxy) is 1. The number of carbonyl (C=O) groups is 1. The van der Waals surface area contributed by atoms with Crippen LogP contribution in [0.15, 0.2) is 53.3 Å². The van der Waals surface area contributed by atoms with E-state index >= 15 is 0 Å². The molecule has 28 heavy (non-hydrogen) atoms. The second kappa shape index (κ2) is 7.82. The number of H-pyrrole nitrogens is 1. The monoisotopic (exact) mass is 378 g/mol. The molecule has 144 valence electrons. The highest BCUT2D eigenvalue weighted by atomic mass is 16.5. The second-order valence-corrected chi connectivity index (χ2v) is 6.83. The fourth-order valence-electron chi connectivity index (χ4n) is 3.47. The van der Waals surface area contributed by atoms with Crippen LogP contribution in [-0.4, -0.2) is 59.0 Å². The third-order valence-electron chi connectivity index (χ3n) is 5.01. The molecule has 0 unspecified atom stereocenters. The van der Waals surface area contributed by atoms with Gasteiger partial charge in [0.2, 0.25) is 0 Å². The lowest BCUT2D eigenvalue weighted by atomic mass is 10.1. The molecule has 7 nitrogen and oxygen atoms in total. The van der Waals surface area contributed by atoms with Gasteiger partial charge >= 0.3 is 0 Å². The lowest BCUT2D eigenvalue weighted by Gasteiger charge is -2.34. The van der Waals surface area contributed by atoms with Crippen LogP contribution in [0.2, 0.25) is 0 Å². The maximum Gasteiger partial charge on any atom is 0.258 e. The van der Waals surface area contributed by atoms with Crippen LogP contribution >= 0.6 is 0 Å². The number of fused-ring (bicyclic) bond motifs is 1. The smallest absolute Gasteiger partial charge is 0.258 e. The van der Waals surface area contributed by atoms with Crippen molar-refractivity contribution in [3.05, 3.63) is 70.3 Å². The van der Waals surface area contributed by atoms with E-state index in [2.05, 4.69) is 14.9 Å². The molecule has 0 spiro atoms. The molecule has 4 rings (SSSR count). The molecule has 1 aliphatic heterocycles. The van der Waals surface area contributed by atoms with Crippen LogP contribution in [0.3, 0.4) is 0 Å². The molecule has 7 heteroatoms. The molecule has 0 atom stereocenters. The molecular weight excluding hydrogens is 356 g/mol. The summed E-state index contributed by atoms with van der Waals surface area (Å²) in [7, 11) is 1.59. The largest absolute Gasteiger partial charge is 0.497 e. The first-order chi connectivity index (χ1) is 13.6. The van der Waals surface area contributed by atoms with E-state index in [0.717, 1.165) is 13.1 Å². The molecule has 0 radical (unpaired) electrons. The normalized spacial score (nSPS) is 15.0. The van der Waals surface area contributed by atoms with Gasteiger partial charge in [-0.15, -0.1) is 0 Å². The van der Waals surface area contributed by atoms with Crippen LogP contribution < -0.4 is 10.3 Å². The minimum absolute atomic E-state index is 0.00999. The number of carbonyl (C=O) groups excluding carboxylic acids is 1. The third kappa shape index (κ3) is 3.75. The zero-order valence-corrected chi connectivity index (χ0v) is 15.7. The fraction of sp³-hybridized carbons (Fsp3) is 0.286. The summed E-state index contributed by atoms with van der Waals surface area (Å²) in [5.41, 5.74) is 1.22. The molecule has 2 heterocycles. The number of methoxy groups -OCH3 is 1. The summed E-state index contributed by atoms with van der Waals surface area (Å²) in [6.45, 7) is 3.28. The molecule has 1 saturated heterocycles. The summed E-state index contributed by atoms with van der Waals surface area (Å²) >= 11 is 0. The highest BCUT2D eigenvalue weighted by molar-refractivity contribution is 5.94. The number of aromatic nitrogens is 2. The molecule has 1 fully saturated rings. The van der Waals surface area contributed by atoms with Crippen molar-refractivity contribution in [2.45, 2.75) is 6.54 Å². The lowest BCUT2D eigenvalue weighted by molar-refractivity contribution is 0.0625. The van der Waals surface area contributed by atoms with Crippen molar-refractivity contribution >= 4 is 16.8 Å². The Morgan fingerprint density at radius 1 is 1.11 bits per heavy atom. The van der Waals surface area contributed by atoms with Crippen LogP contribution in [0.5, 0.6) is 5.75 Å². The topological polar surface area (TPSA) is 78.5 Å². The Kier molecular flexibility index (Phi) is 5.08. The molecule has 0 bridgehead atoms. The Morgan fingerprint density at radius 3 is 2.68 bits per heavy atom. The van der Waals surface area contributed by atoms with Gasteiger partial charge in [0.1, 0.15) is 11.6 Å².